The van der Waals surface area contributed by atoms with E-state index in [1.54, 1.807) is 0 Å². The maximum Gasteiger partial charge on any atom is 0.0294 e. The van der Waals surface area contributed by atoms with Gasteiger partial charge in [0.2, 0.25) is 0 Å². The monoisotopic (exact) mass is 272 g/mol. The van der Waals surface area contributed by atoms with E-state index in [1.165, 1.54) is 12.0 Å². The Bertz CT molecular complexity index is 304. The maximum absolute atomic E-state index is 6.19. The predicted molar refractivity (Wildman–Crippen MR) is 78.1 cm³/mol. The molecule has 0 N–H and O–H groups in total. The Hall–Kier alpha value is -0.200. The van der Waals surface area contributed by atoms with Gasteiger partial charge >= 0.3 is 0 Å². The summed E-state index contributed by atoms with van der Waals surface area (Å²) in [6.45, 7) is 4.50. The van der Waals surface area contributed by atoms with E-state index in [4.69, 9.17) is 23.2 Å². The fourth-order valence-electron chi connectivity index (χ4n) is 2.22. The van der Waals surface area contributed by atoms with Crippen LogP contribution >= 0.6 is 23.2 Å². The van der Waals surface area contributed by atoms with E-state index in [0.717, 1.165) is 12.8 Å². The molecule has 1 aromatic rings. The molecule has 0 saturated carbocycles. The molecule has 0 bridgehead atoms. The molecule has 0 fully saturated rings. The van der Waals surface area contributed by atoms with Crippen molar-refractivity contribution in [1.29, 1.82) is 0 Å². The summed E-state index contributed by atoms with van der Waals surface area (Å²) in [7, 11) is 0. The Kier molecular flexibility index (Phi) is 6.37. The highest BCUT2D eigenvalue weighted by Crippen LogP contribution is 2.34. The van der Waals surface area contributed by atoms with E-state index in [2.05, 4.69) is 38.1 Å². The van der Waals surface area contributed by atoms with Crippen molar-refractivity contribution in [2.75, 3.05) is 11.8 Å². The van der Waals surface area contributed by atoms with Crippen LogP contribution in [0.1, 0.15) is 32.3 Å². The van der Waals surface area contributed by atoms with Crippen LogP contribution in [-0.2, 0) is 6.42 Å². The van der Waals surface area contributed by atoms with Gasteiger partial charge in [-0.25, -0.2) is 0 Å². The van der Waals surface area contributed by atoms with Crippen molar-refractivity contribution < 1.29 is 0 Å². The Labute approximate surface area is 115 Å². The van der Waals surface area contributed by atoms with Crippen LogP contribution in [0.2, 0.25) is 0 Å². The number of alkyl halides is 2. The third kappa shape index (κ3) is 4.52. The standard InChI is InChI=1S/C15H22Cl2/c1-3-13(2)9-15(11-16,12-17)10-14-7-5-4-6-8-14/h4-8,13H,3,9-12H2,1-2H3. The van der Waals surface area contributed by atoms with Crippen molar-refractivity contribution in [3.8, 4) is 0 Å². The van der Waals surface area contributed by atoms with Gasteiger partial charge in [0.25, 0.3) is 0 Å². The second-order valence-electron chi connectivity index (χ2n) is 5.15. The molecule has 0 amide bonds. The molecular formula is C15H22Cl2. The van der Waals surface area contributed by atoms with Gasteiger partial charge in [-0.3, -0.25) is 0 Å². The topological polar surface area (TPSA) is 0 Å². The van der Waals surface area contributed by atoms with Crippen molar-refractivity contribution in [1.82, 2.24) is 0 Å². The average Bonchev–Trinajstić information content (AvgIpc) is 2.39. The first-order valence-electron chi connectivity index (χ1n) is 6.31. The molecule has 0 aromatic heterocycles. The second kappa shape index (κ2) is 7.28. The van der Waals surface area contributed by atoms with Crippen LogP contribution < -0.4 is 0 Å². The van der Waals surface area contributed by atoms with Gasteiger partial charge in [0, 0.05) is 17.2 Å². The molecular weight excluding hydrogens is 251 g/mol. The molecule has 1 aromatic carbocycles. The molecule has 0 radical (unpaired) electrons. The number of rotatable bonds is 7. The molecule has 96 valence electrons. The van der Waals surface area contributed by atoms with Crippen molar-refractivity contribution in [2.45, 2.75) is 33.1 Å². The largest absolute Gasteiger partial charge is 0.126 e. The molecule has 0 aliphatic rings. The van der Waals surface area contributed by atoms with Gasteiger partial charge in [-0.1, -0.05) is 50.6 Å². The molecule has 1 rings (SSSR count). The first-order chi connectivity index (χ1) is 8.15. The van der Waals surface area contributed by atoms with E-state index >= 15 is 0 Å². The third-order valence-corrected chi connectivity index (χ3v) is 4.60. The Balaban J connectivity index is 2.77. The third-order valence-electron chi connectivity index (χ3n) is 3.47. The van der Waals surface area contributed by atoms with E-state index in [-0.39, 0.29) is 5.41 Å². The quantitative estimate of drug-likeness (QED) is 0.604. The molecule has 0 heterocycles. The highest BCUT2D eigenvalue weighted by molar-refractivity contribution is 6.21. The van der Waals surface area contributed by atoms with Gasteiger partial charge in [-0.15, -0.1) is 23.2 Å². The van der Waals surface area contributed by atoms with E-state index in [9.17, 15) is 0 Å². The minimum atomic E-state index is 0.0416. The van der Waals surface area contributed by atoms with Crippen LogP contribution in [0, 0.1) is 11.3 Å². The number of hydrogen-bond donors (Lipinski definition) is 0. The Morgan fingerprint density at radius 3 is 2.18 bits per heavy atom. The summed E-state index contributed by atoms with van der Waals surface area (Å²) in [5.74, 6) is 1.95. The molecule has 0 spiro atoms. The highest BCUT2D eigenvalue weighted by atomic mass is 35.5. The molecule has 0 saturated heterocycles. The van der Waals surface area contributed by atoms with Gasteiger partial charge < -0.3 is 0 Å². The van der Waals surface area contributed by atoms with E-state index in [0.29, 0.717) is 17.7 Å². The van der Waals surface area contributed by atoms with Gasteiger partial charge in [0.05, 0.1) is 0 Å². The first-order valence-corrected chi connectivity index (χ1v) is 7.38. The zero-order chi connectivity index (χ0) is 12.7. The van der Waals surface area contributed by atoms with Gasteiger partial charge in [0.15, 0.2) is 0 Å². The lowest BCUT2D eigenvalue weighted by Gasteiger charge is -2.32. The van der Waals surface area contributed by atoms with E-state index < -0.39 is 0 Å². The summed E-state index contributed by atoms with van der Waals surface area (Å²) in [4.78, 5) is 0. The SMILES string of the molecule is CCC(C)CC(CCl)(CCl)Cc1ccccc1. The van der Waals surface area contributed by atoms with Crippen molar-refractivity contribution in [3.63, 3.8) is 0 Å². The molecule has 1 atom stereocenters. The zero-order valence-electron chi connectivity index (χ0n) is 10.8. The van der Waals surface area contributed by atoms with Crippen LogP contribution in [0.25, 0.3) is 0 Å². The molecule has 2 heteroatoms. The lowest BCUT2D eigenvalue weighted by molar-refractivity contribution is 0.280. The zero-order valence-corrected chi connectivity index (χ0v) is 12.3. The van der Waals surface area contributed by atoms with Crippen LogP contribution in [-0.4, -0.2) is 11.8 Å². The summed E-state index contributed by atoms with van der Waals surface area (Å²) < 4.78 is 0. The molecule has 0 aliphatic heterocycles. The fourth-order valence-corrected chi connectivity index (χ4v) is 2.92. The van der Waals surface area contributed by atoms with Crippen LogP contribution in [0.3, 0.4) is 0 Å². The minimum Gasteiger partial charge on any atom is -0.126 e. The smallest absolute Gasteiger partial charge is 0.0294 e. The summed E-state index contributed by atoms with van der Waals surface area (Å²) in [6.07, 6.45) is 3.26. The highest BCUT2D eigenvalue weighted by Gasteiger charge is 2.30. The average molecular weight is 273 g/mol. The number of halogens is 2. The van der Waals surface area contributed by atoms with Gasteiger partial charge in [0.1, 0.15) is 0 Å². The second-order valence-corrected chi connectivity index (χ2v) is 5.68. The lowest BCUT2D eigenvalue weighted by Crippen LogP contribution is -2.30. The van der Waals surface area contributed by atoms with Crippen LogP contribution in [0.15, 0.2) is 30.3 Å². The van der Waals surface area contributed by atoms with Crippen molar-refractivity contribution in [3.05, 3.63) is 35.9 Å². The van der Waals surface area contributed by atoms with Gasteiger partial charge in [-0.05, 0) is 24.3 Å². The summed E-state index contributed by atoms with van der Waals surface area (Å²) in [5.41, 5.74) is 1.37. The van der Waals surface area contributed by atoms with Crippen molar-refractivity contribution >= 4 is 23.2 Å². The predicted octanol–water partition coefficient (Wildman–Crippen LogP) is 5.13. The lowest BCUT2D eigenvalue weighted by atomic mass is 9.77. The van der Waals surface area contributed by atoms with Gasteiger partial charge in [-0.2, -0.15) is 0 Å². The first kappa shape index (κ1) is 14.9. The number of benzene rings is 1. The summed E-state index contributed by atoms with van der Waals surface area (Å²) in [6, 6.07) is 10.5. The summed E-state index contributed by atoms with van der Waals surface area (Å²) >= 11 is 12.4. The molecule has 0 nitrogen and oxygen atoms in total. The molecule has 1 unspecified atom stereocenters. The fraction of sp³-hybridized carbons (Fsp3) is 0.600. The maximum atomic E-state index is 6.19. The minimum absolute atomic E-state index is 0.0416. The van der Waals surface area contributed by atoms with Crippen LogP contribution in [0.5, 0.6) is 0 Å². The van der Waals surface area contributed by atoms with Crippen LogP contribution in [0.4, 0.5) is 0 Å². The molecule has 0 aliphatic carbocycles. The normalized spacial score (nSPS) is 13.6. The summed E-state index contributed by atoms with van der Waals surface area (Å²) in [5, 5.41) is 0. The Morgan fingerprint density at radius 1 is 1.12 bits per heavy atom. The number of hydrogen-bond acceptors (Lipinski definition) is 0. The van der Waals surface area contributed by atoms with E-state index in [1.807, 2.05) is 6.07 Å². The van der Waals surface area contributed by atoms with Crippen molar-refractivity contribution in [2.24, 2.45) is 11.3 Å². The Morgan fingerprint density at radius 2 is 1.71 bits per heavy atom. The molecule has 17 heavy (non-hydrogen) atoms.